The second-order valence-electron chi connectivity index (χ2n) is 5.04. The summed E-state index contributed by atoms with van der Waals surface area (Å²) >= 11 is 11.7. The van der Waals surface area contributed by atoms with Gasteiger partial charge in [0.25, 0.3) is 0 Å². The first-order valence-corrected chi connectivity index (χ1v) is 7.85. The smallest absolute Gasteiger partial charge is 0.326 e. The Balaban J connectivity index is 2.63. The molecule has 122 valence electrons. The molecule has 1 amide bonds. The van der Waals surface area contributed by atoms with Crippen LogP contribution in [0.1, 0.15) is 33.1 Å². The van der Waals surface area contributed by atoms with Crippen LogP contribution < -0.4 is 10.6 Å². The highest BCUT2D eigenvalue weighted by Crippen LogP contribution is 2.25. The third kappa shape index (κ3) is 5.73. The molecule has 0 radical (unpaired) electrons. The molecule has 1 aromatic carbocycles. The number of nitrogens with one attached hydrogen (secondary N) is 2. The lowest BCUT2D eigenvalue weighted by molar-refractivity contribution is -0.142. The molecule has 0 saturated carbocycles. The molecule has 22 heavy (non-hydrogen) atoms. The first kappa shape index (κ1) is 18.6. The second-order valence-corrected chi connectivity index (χ2v) is 5.85. The van der Waals surface area contributed by atoms with Crippen molar-refractivity contribution in [1.29, 1.82) is 0 Å². The van der Waals surface area contributed by atoms with Crippen molar-refractivity contribution in [2.24, 2.45) is 0 Å². The number of anilines is 1. The Morgan fingerprint density at radius 2 is 1.95 bits per heavy atom. The molecule has 0 heterocycles. The molecular formula is C15H20Cl2N2O3. The van der Waals surface area contributed by atoms with Gasteiger partial charge in [0.1, 0.15) is 12.1 Å². The highest BCUT2D eigenvalue weighted by Gasteiger charge is 2.22. The Morgan fingerprint density at radius 3 is 2.50 bits per heavy atom. The summed E-state index contributed by atoms with van der Waals surface area (Å²) in [4.78, 5) is 23.2. The van der Waals surface area contributed by atoms with Crippen LogP contribution in [0.2, 0.25) is 10.0 Å². The van der Waals surface area contributed by atoms with Crippen LogP contribution in [0.5, 0.6) is 0 Å². The van der Waals surface area contributed by atoms with Crippen molar-refractivity contribution in [3.8, 4) is 0 Å². The molecule has 2 atom stereocenters. The van der Waals surface area contributed by atoms with Crippen LogP contribution in [-0.4, -0.2) is 29.1 Å². The molecule has 0 aliphatic carbocycles. The summed E-state index contributed by atoms with van der Waals surface area (Å²) in [6.45, 7) is 3.62. The maximum atomic E-state index is 12.1. The number of benzene rings is 1. The van der Waals surface area contributed by atoms with E-state index in [0.717, 1.165) is 12.8 Å². The molecule has 0 saturated heterocycles. The summed E-state index contributed by atoms with van der Waals surface area (Å²) < 4.78 is 0. The van der Waals surface area contributed by atoms with E-state index in [1.54, 1.807) is 25.1 Å². The lowest BCUT2D eigenvalue weighted by Gasteiger charge is -2.19. The molecule has 3 N–H and O–H groups in total. The predicted octanol–water partition coefficient (Wildman–Crippen LogP) is 3.55. The summed E-state index contributed by atoms with van der Waals surface area (Å²) in [5.74, 6) is -1.40. The van der Waals surface area contributed by atoms with E-state index in [0.29, 0.717) is 22.2 Å². The summed E-state index contributed by atoms with van der Waals surface area (Å²) in [7, 11) is 0. The number of hydrogen-bond acceptors (Lipinski definition) is 3. The molecule has 1 aromatic rings. The molecule has 1 rings (SSSR count). The maximum absolute atomic E-state index is 12.1. The van der Waals surface area contributed by atoms with Crippen molar-refractivity contribution >= 4 is 40.8 Å². The predicted molar refractivity (Wildman–Crippen MR) is 88.6 cm³/mol. The Bertz CT molecular complexity index is 538. The zero-order valence-electron chi connectivity index (χ0n) is 12.5. The zero-order valence-corrected chi connectivity index (χ0v) is 14.0. The number of amides is 1. The van der Waals surface area contributed by atoms with Crippen molar-refractivity contribution in [2.45, 2.75) is 45.2 Å². The summed E-state index contributed by atoms with van der Waals surface area (Å²) in [5, 5.41) is 15.4. The van der Waals surface area contributed by atoms with Crippen LogP contribution in [0.15, 0.2) is 18.2 Å². The van der Waals surface area contributed by atoms with Gasteiger partial charge >= 0.3 is 5.97 Å². The van der Waals surface area contributed by atoms with Gasteiger partial charge in [-0.15, -0.1) is 0 Å². The highest BCUT2D eigenvalue weighted by molar-refractivity contribution is 6.42. The quantitative estimate of drug-likeness (QED) is 0.672. The molecule has 5 nitrogen and oxygen atoms in total. The fourth-order valence-electron chi connectivity index (χ4n) is 1.86. The van der Waals surface area contributed by atoms with E-state index < -0.39 is 18.1 Å². The van der Waals surface area contributed by atoms with Gasteiger partial charge in [-0.25, -0.2) is 4.79 Å². The molecule has 0 bridgehead atoms. The van der Waals surface area contributed by atoms with Crippen molar-refractivity contribution < 1.29 is 14.7 Å². The van der Waals surface area contributed by atoms with E-state index in [2.05, 4.69) is 10.6 Å². The van der Waals surface area contributed by atoms with E-state index in [4.69, 9.17) is 28.3 Å². The Hall–Kier alpha value is -1.46. The monoisotopic (exact) mass is 346 g/mol. The normalized spacial score (nSPS) is 13.3. The molecule has 0 aliphatic rings. The van der Waals surface area contributed by atoms with Gasteiger partial charge in [-0.05, 0) is 31.5 Å². The molecule has 0 spiro atoms. The van der Waals surface area contributed by atoms with Crippen molar-refractivity contribution in [3.63, 3.8) is 0 Å². The maximum Gasteiger partial charge on any atom is 0.326 e. The largest absolute Gasteiger partial charge is 0.480 e. The third-order valence-electron chi connectivity index (χ3n) is 3.16. The van der Waals surface area contributed by atoms with Crippen molar-refractivity contribution in [3.05, 3.63) is 28.2 Å². The van der Waals surface area contributed by atoms with Gasteiger partial charge in [-0.1, -0.05) is 43.0 Å². The lowest BCUT2D eigenvalue weighted by atomic mass is 10.1. The van der Waals surface area contributed by atoms with E-state index in [-0.39, 0.29) is 5.91 Å². The third-order valence-corrected chi connectivity index (χ3v) is 3.90. The van der Waals surface area contributed by atoms with E-state index >= 15 is 0 Å². The van der Waals surface area contributed by atoms with Crippen molar-refractivity contribution in [2.75, 3.05) is 5.32 Å². The number of hydrogen-bond donors (Lipinski definition) is 3. The second kappa shape index (κ2) is 8.86. The van der Waals surface area contributed by atoms with Crippen LogP contribution in [-0.2, 0) is 9.59 Å². The zero-order chi connectivity index (χ0) is 16.7. The molecular weight excluding hydrogens is 327 g/mol. The minimum atomic E-state index is -1.02. The SMILES string of the molecule is CCCCC(NC(=O)C(C)Nc1ccc(Cl)c(Cl)c1)C(=O)O. The summed E-state index contributed by atoms with van der Waals surface area (Å²) in [6.07, 6.45) is 2.03. The van der Waals surface area contributed by atoms with Gasteiger partial charge in [-0.2, -0.15) is 0 Å². The number of rotatable bonds is 8. The lowest BCUT2D eigenvalue weighted by Crippen LogP contribution is -2.46. The fourth-order valence-corrected chi connectivity index (χ4v) is 2.16. The van der Waals surface area contributed by atoms with E-state index in [9.17, 15) is 9.59 Å². The minimum absolute atomic E-state index is 0.380. The van der Waals surface area contributed by atoms with Crippen LogP contribution >= 0.6 is 23.2 Å². The average Bonchev–Trinajstić information content (AvgIpc) is 2.46. The number of carbonyl (C=O) groups is 2. The molecule has 0 fully saturated rings. The van der Waals surface area contributed by atoms with Gasteiger partial charge < -0.3 is 15.7 Å². The van der Waals surface area contributed by atoms with Gasteiger partial charge in [0.15, 0.2) is 0 Å². The van der Waals surface area contributed by atoms with Crippen molar-refractivity contribution in [1.82, 2.24) is 5.32 Å². The average molecular weight is 347 g/mol. The van der Waals surface area contributed by atoms with Gasteiger partial charge in [0.2, 0.25) is 5.91 Å². The fraction of sp³-hybridized carbons (Fsp3) is 0.467. The summed E-state index contributed by atoms with van der Waals surface area (Å²) in [6, 6.07) is 3.47. The van der Waals surface area contributed by atoms with Crippen LogP contribution in [0.25, 0.3) is 0 Å². The van der Waals surface area contributed by atoms with Crippen LogP contribution in [0, 0.1) is 0 Å². The van der Waals surface area contributed by atoms with Crippen LogP contribution in [0.3, 0.4) is 0 Å². The number of unbranched alkanes of at least 4 members (excludes halogenated alkanes) is 1. The summed E-state index contributed by atoms with van der Waals surface area (Å²) in [5.41, 5.74) is 0.637. The highest BCUT2D eigenvalue weighted by atomic mass is 35.5. The number of carbonyl (C=O) groups excluding carboxylic acids is 1. The molecule has 7 heteroatoms. The Kier molecular flexibility index (Phi) is 7.48. The number of halogens is 2. The van der Waals surface area contributed by atoms with E-state index in [1.165, 1.54) is 0 Å². The van der Waals surface area contributed by atoms with Gasteiger partial charge in [0.05, 0.1) is 10.0 Å². The first-order chi connectivity index (χ1) is 10.3. The first-order valence-electron chi connectivity index (χ1n) is 7.10. The van der Waals surface area contributed by atoms with Gasteiger partial charge in [-0.3, -0.25) is 4.79 Å². The topological polar surface area (TPSA) is 78.4 Å². The van der Waals surface area contributed by atoms with Crippen LogP contribution in [0.4, 0.5) is 5.69 Å². The Labute approximate surface area is 140 Å². The Morgan fingerprint density at radius 1 is 1.27 bits per heavy atom. The van der Waals surface area contributed by atoms with E-state index in [1.807, 2.05) is 6.92 Å². The molecule has 0 aliphatic heterocycles. The number of carboxylic acid groups (broad SMARTS) is 1. The van der Waals surface area contributed by atoms with Gasteiger partial charge in [0, 0.05) is 5.69 Å². The standard InChI is InChI=1S/C15H20Cl2N2O3/c1-3-4-5-13(15(21)22)19-14(20)9(2)18-10-6-7-11(16)12(17)8-10/h6-9,13,18H,3-5H2,1-2H3,(H,19,20)(H,21,22). The number of carboxylic acids is 1. The minimum Gasteiger partial charge on any atom is -0.480 e. The number of aliphatic carboxylic acids is 1. The molecule has 2 unspecified atom stereocenters. The molecule has 0 aromatic heterocycles.